The van der Waals surface area contributed by atoms with Gasteiger partial charge in [0.1, 0.15) is 0 Å². The molecule has 1 aromatic heterocycles. The van der Waals surface area contributed by atoms with Gasteiger partial charge < -0.3 is 9.47 Å². The van der Waals surface area contributed by atoms with E-state index in [4.69, 9.17) is 21.1 Å². The molecule has 1 amide bonds. The summed E-state index contributed by atoms with van der Waals surface area (Å²) in [5.74, 6) is 1.09. The van der Waals surface area contributed by atoms with Gasteiger partial charge in [0.15, 0.2) is 16.6 Å². The number of aryl methyl sites for hydroxylation is 1. The van der Waals surface area contributed by atoms with Crippen molar-refractivity contribution in [1.29, 1.82) is 0 Å². The van der Waals surface area contributed by atoms with Gasteiger partial charge in [0.2, 0.25) is 5.91 Å². The molecule has 0 atom stereocenters. The first-order valence-corrected chi connectivity index (χ1v) is 10.8. The topological polar surface area (TPSA) is 60.5 Å². The maximum absolute atomic E-state index is 12.4. The molecule has 0 aliphatic carbocycles. The number of nitrogens with one attached hydrogen (secondary N) is 1. The van der Waals surface area contributed by atoms with E-state index in [2.05, 4.69) is 10.3 Å². The highest BCUT2D eigenvalue weighted by atomic mass is 35.5. The first-order valence-electron chi connectivity index (χ1n) is 9.62. The third-order valence-electron chi connectivity index (χ3n) is 4.12. The Morgan fingerprint density at radius 2 is 1.90 bits per heavy atom. The SMILES string of the molecule is CCOc1ccc(C=CC(=O)Nc2nc(-c3cccc(Cl)c3)c(C)s2)cc1OCC. The van der Waals surface area contributed by atoms with Gasteiger partial charge in [-0.15, -0.1) is 11.3 Å². The number of hydrogen-bond acceptors (Lipinski definition) is 5. The van der Waals surface area contributed by atoms with Gasteiger partial charge in [0.25, 0.3) is 0 Å². The number of aromatic nitrogens is 1. The molecular weight excluding hydrogens is 420 g/mol. The van der Waals surface area contributed by atoms with Crippen LogP contribution < -0.4 is 14.8 Å². The van der Waals surface area contributed by atoms with Gasteiger partial charge in [-0.1, -0.05) is 29.8 Å². The summed E-state index contributed by atoms with van der Waals surface area (Å²) in [5.41, 5.74) is 2.58. The molecule has 0 unspecified atom stereocenters. The Morgan fingerprint density at radius 3 is 2.63 bits per heavy atom. The van der Waals surface area contributed by atoms with Gasteiger partial charge in [0.05, 0.1) is 18.9 Å². The second-order valence-corrected chi connectivity index (χ2v) is 7.97. The van der Waals surface area contributed by atoms with Crippen LogP contribution in [0.4, 0.5) is 5.13 Å². The van der Waals surface area contributed by atoms with Crippen LogP contribution in [-0.4, -0.2) is 24.1 Å². The van der Waals surface area contributed by atoms with Crippen molar-refractivity contribution in [2.75, 3.05) is 18.5 Å². The Bertz CT molecular complexity index is 1060. The molecule has 5 nitrogen and oxygen atoms in total. The van der Waals surface area contributed by atoms with Crippen LogP contribution in [0.5, 0.6) is 11.5 Å². The lowest BCUT2D eigenvalue weighted by atomic mass is 10.1. The first-order chi connectivity index (χ1) is 14.5. The molecule has 1 heterocycles. The van der Waals surface area contributed by atoms with Gasteiger partial charge in [0, 0.05) is 21.5 Å². The number of carbonyl (C=O) groups is 1. The summed E-state index contributed by atoms with van der Waals surface area (Å²) in [5, 5.41) is 4.01. The van der Waals surface area contributed by atoms with Crippen molar-refractivity contribution in [3.8, 4) is 22.8 Å². The first kappa shape index (κ1) is 21.9. The van der Waals surface area contributed by atoms with E-state index in [1.807, 2.05) is 63.2 Å². The summed E-state index contributed by atoms with van der Waals surface area (Å²) >= 11 is 7.50. The highest BCUT2D eigenvalue weighted by Crippen LogP contribution is 2.32. The number of amides is 1. The van der Waals surface area contributed by atoms with Crippen LogP contribution in [0.2, 0.25) is 5.02 Å². The Kier molecular flexibility index (Phi) is 7.49. The molecular formula is C23H23ClN2O3S. The van der Waals surface area contributed by atoms with Crippen molar-refractivity contribution in [1.82, 2.24) is 4.98 Å². The highest BCUT2D eigenvalue weighted by Gasteiger charge is 2.12. The molecule has 0 saturated carbocycles. The third kappa shape index (κ3) is 5.62. The molecule has 1 N–H and O–H groups in total. The van der Waals surface area contributed by atoms with Crippen LogP contribution >= 0.6 is 22.9 Å². The van der Waals surface area contributed by atoms with E-state index < -0.39 is 0 Å². The highest BCUT2D eigenvalue weighted by molar-refractivity contribution is 7.16. The predicted molar refractivity (Wildman–Crippen MR) is 124 cm³/mol. The molecule has 0 saturated heterocycles. The maximum Gasteiger partial charge on any atom is 0.250 e. The van der Waals surface area contributed by atoms with E-state index in [-0.39, 0.29) is 5.91 Å². The Hall–Kier alpha value is -2.83. The zero-order valence-electron chi connectivity index (χ0n) is 17.1. The van der Waals surface area contributed by atoms with Crippen LogP contribution in [0.15, 0.2) is 48.5 Å². The minimum atomic E-state index is -0.256. The number of nitrogens with zero attached hydrogens (tertiary/aromatic N) is 1. The largest absolute Gasteiger partial charge is 0.490 e. The van der Waals surface area contributed by atoms with Crippen LogP contribution in [0.1, 0.15) is 24.3 Å². The van der Waals surface area contributed by atoms with Gasteiger partial charge in [-0.25, -0.2) is 4.98 Å². The lowest BCUT2D eigenvalue weighted by molar-refractivity contribution is -0.111. The number of anilines is 1. The Morgan fingerprint density at radius 1 is 1.13 bits per heavy atom. The number of thiazole rings is 1. The van der Waals surface area contributed by atoms with E-state index in [9.17, 15) is 4.79 Å². The average molecular weight is 443 g/mol. The molecule has 0 spiro atoms. The molecule has 3 rings (SSSR count). The lowest BCUT2D eigenvalue weighted by Gasteiger charge is -2.11. The van der Waals surface area contributed by atoms with Gasteiger partial charge in [-0.05, 0) is 56.7 Å². The number of carbonyl (C=O) groups excluding carboxylic acids is 1. The van der Waals surface area contributed by atoms with Crippen molar-refractivity contribution in [2.24, 2.45) is 0 Å². The second-order valence-electron chi connectivity index (χ2n) is 6.33. The van der Waals surface area contributed by atoms with Crippen LogP contribution in [-0.2, 0) is 4.79 Å². The monoisotopic (exact) mass is 442 g/mol. The Labute approximate surface area is 185 Å². The zero-order chi connectivity index (χ0) is 21.5. The molecule has 30 heavy (non-hydrogen) atoms. The summed E-state index contributed by atoms with van der Waals surface area (Å²) in [6.45, 7) is 6.90. The van der Waals surface area contributed by atoms with E-state index in [0.717, 1.165) is 21.7 Å². The van der Waals surface area contributed by atoms with Gasteiger partial charge in [-0.3, -0.25) is 10.1 Å². The number of rotatable bonds is 8. The Balaban J connectivity index is 1.71. The summed E-state index contributed by atoms with van der Waals surface area (Å²) in [6, 6.07) is 13.1. The summed E-state index contributed by atoms with van der Waals surface area (Å²) in [7, 11) is 0. The number of benzene rings is 2. The molecule has 156 valence electrons. The van der Waals surface area contributed by atoms with Crippen molar-refractivity contribution >= 4 is 40.1 Å². The fourth-order valence-corrected chi connectivity index (χ4v) is 3.87. The van der Waals surface area contributed by atoms with E-state index in [1.54, 1.807) is 6.08 Å². The van der Waals surface area contributed by atoms with Crippen LogP contribution in [0, 0.1) is 6.92 Å². The standard InChI is InChI=1S/C23H23ClN2O3S/c1-4-28-19-11-9-16(13-20(19)29-5-2)10-12-21(27)25-23-26-22(15(3)30-23)17-7-6-8-18(24)14-17/h6-14H,4-5H2,1-3H3,(H,25,26,27). The van der Waals surface area contributed by atoms with Crippen molar-refractivity contribution in [3.05, 3.63) is 64.0 Å². The molecule has 0 bridgehead atoms. The van der Waals surface area contributed by atoms with Crippen molar-refractivity contribution < 1.29 is 14.3 Å². The van der Waals surface area contributed by atoms with E-state index >= 15 is 0 Å². The van der Waals surface area contributed by atoms with Crippen LogP contribution in [0.25, 0.3) is 17.3 Å². The zero-order valence-corrected chi connectivity index (χ0v) is 18.6. The van der Waals surface area contributed by atoms with Crippen LogP contribution in [0.3, 0.4) is 0 Å². The summed E-state index contributed by atoms with van der Waals surface area (Å²) in [6.07, 6.45) is 3.20. The molecule has 0 aliphatic heterocycles. The molecule has 3 aromatic rings. The fraction of sp³-hybridized carbons (Fsp3) is 0.217. The van der Waals surface area contributed by atoms with E-state index in [0.29, 0.717) is 34.9 Å². The minimum Gasteiger partial charge on any atom is -0.490 e. The van der Waals surface area contributed by atoms with Crippen molar-refractivity contribution in [2.45, 2.75) is 20.8 Å². The molecule has 7 heteroatoms. The number of hydrogen-bond donors (Lipinski definition) is 1. The summed E-state index contributed by atoms with van der Waals surface area (Å²) < 4.78 is 11.2. The number of ether oxygens (including phenoxy) is 2. The van der Waals surface area contributed by atoms with Gasteiger partial charge >= 0.3 is 0 Å². The maximum atomic E-state index is 12.4. The second kappa shape index (κ2) is 10.3. The quantitative estimate of drug-likeness (QED) is 0.420. The fourth-order valence-electron chi connectivity index (χ4n) is 2.84. The van der Waals surface area contributed by atoms with E-state index in [1.165, 1.54) is 17.4 Å². The van der Waals surface area contributed by atoms with Gasteiger partial charge in [-0.2, -0.15) is 0 Å². The average Bonchev–Trinajstić information content (AvgIpc) is 3.08. The minimum absolute atomic E-state index is 0.256. The normalized spacial score (nSPS) is 10.9. The predicted octanol–water partition coefficient (Wildman–Crippen LogP) is 6.22. The number of halogens is 1. The lowest BCUT2D eigenvalue weighted by Crippen LogP contribution is -2.07. The molecule has 0 aliphatic rings. The smallest absolute Gasteiger partial charge is 0.250 e. The molecule has 0 radical (unpaired) electrons. The van der Waals surface area contributed by atoms with Crippen molar-refractivity contribution in [3.63, 3.8) is 0 Å². The third-order valence-corrected chi connectivity index (χ3v) is 5.24. The molecule has 2 aromatic carbocycles. The summed E-state index contributed by atoms with van der Waals surface area (Å²) in [4.78, 5) is 17.9. The molecule has 0 fully saturated rings.